The lowest BCUT2D eigenvalue weighted by atomic mass is 10.1. The highest BCUT2D eigenvalue weighted by Gasteiger charge is 2.15. The number of hydrogen-bond acceptors (Lipinski definition) is 3. The third-order valence-electron chi connectivity index (χ3n) is 4.19. The Kier molecular flexibility index (Phi) is 5.62. The van der Waals surface area contributed by atoms with Crippen LogP contribution in [0.3, 0.4) is 0 Å². The largest absolute Gasteiger partial charge is 0.461 e. The van der Waals surface area contributed by atoms with Gasteiger partial charge in [-0.05, 0) is 48.6 Å². The van der Waals surface area contributed by atoms with Gasteiger partial charge in [-0.25, -0.2) is 0 Å². The Morgan fingerprint density at radius 1 is 1.04 bits per heavy atom. The van der Waals surface area contributed by atoms with E-state index in [9.17, 15) is 9.59 Å². The zero-order chi connectivity index (χ0) is 17.5. The summed E-state index contributed by atoms with van der Waals surface area (Å²) in [5.74, 6) is -0.0261. The lowest BCUT2D eigenvalue weighted by Gasteiger charge is -2.09. The minimum absolute atomic E-state index is 0.164. The van der Waals surface area contributed by atoms with Gasteiger partial charge in [0.2, 0.25) is 0 Å². The molecular weight excluding hydrogens is 314 g/mol. The lowest BCUT2D eigenvalue weighted by Crippen LogP contribution is -2.12. The highest BCUT2D eigenvalue weighted by molar-refractivity contribution is 6.04. The van der Waals surface area contributed by atoms with E-state index >= 15 is 0 Å². The summed E-state index contributed by atoms with van der Waals surface area (Å²) in [6.45, 7) is 0.232. The fraction of sp³-hybridized carbons (Fsp3) is 0.238. The minimum atomic E-state index is -0.178. The summed E-state index contributed by atoms with van der Waals surface area (Å²) in [5.41, 5.74) is 2.19. The topological polar surface area (TPSA) is 55.4 Å². The van der Waals surface area contributed by atoms with Gasteiger partial charge in [0.1, 0.15) is 6.61 Å². The number of carbonyl (C=O) groups is 2. The van der Waals surface area contributed by atoms with Gasteiger partial charge in [0.05, 0.1) is 6.42 Å². The van der Waals surface area contributed by atoms with Crippen molar-refractivity contribution in [3.63, 3.8) is 0 Å². The van der Waals surface area contributed by atoms with Gasteiger partial charge in [0, 0.05) is 11.3 Å². The van der Waals surface area contributed by atoms with Crippen LogP contribution in [0.15, 0.2) is 66.7 Å². The summed E-state index contributed by atoms with van der Waals surface area (Å²) >= 11 is 0. The van der Waals surface area contributed by atoms with Gasteiger partial charge in [-0.2, -0.15) is 0 Å². The average molecular weight is 335 g/mol. The van der Waals surface area contributed by atoms with E-state index in [1.165, 1.54) is 0 Å². The van der Waals surface area contributed by atoms with Crippen molar-refractivity contribution < 1.29 is 14.3 Å². The van der Waals surface area contributed by atoms with Gasteiger partial charge in [0.25, 0.3) is 5.91 Å². The number of para-hydroxylation sites is 1. The van der Waals surface area contributed by atoms with Gasteiger partial charge in [-0.3, -0.25) is 9.59 Å². The molecule has 2 aromatic rings. The van der Waals surface area contributed by atoms with Crippen LogP contribution in [0.25, 0.3) is 0 Å². The van der Waals surface area contributed by atoms with Gasteiger partial charge in [-0.1, -0.05) is 42.5 Å². The molecular formula is C21H21NO3. The smallest absolute Gasteiger partial charge is 0.306 e. The predicted molar refractivity (Wildman–Crippen MR) is 97.1 cm³/mol. The maximum absolute atomic E-state index is 12.2. The second-order valence-electron chi connectivity index (χ2n) is 6.15. The van der Waals surface area contributed by atoms with Crippen molar-refractivity contribution in [3.05, 3.63) is 77.9 Å². The van der Waals surface area contributed by atoms with E-state index in [2.05, 4.69) is 17.5 Å². The molecule has 1 aliphatic rings. The number of amides is 1. The molecule has 1 atom stereocenters. The molecule has 1 amide bonds. The summed E-state index contributed by atoms with van der Waals surface area (Å²) in [7, 11) is 0. The first-order valence-electron chi connectivity index (χ1n) is 8.48. The van der Waals surface area contributed by atoms with Crippen molar-refractivity contribution in [3.8, 4) is 0 Å². The van der Waals surface area contributed by atoms with Gasteiger partial charge in [0.15, 0.2) is 0 Å². The minimum Gasteiger partial charge on any atom is -0.461 e. The molecule has 0 saturated carbocycles. The van der Waals surface area contributed by atoms with Crippen LogP contribution in [0.2, 0.25) is 0 Å². The van der Waals surface area contributed by atoms with E-state index in [1.54, 1.807) is 12.1 Å². The first kappa shape index (κ1) is 17.0. The highest BCUT2D eigenvalue weighted by Crippen LogP contribution is 2.21. The Labute approximate surface area is 147 Å². The van der Waals surface area contributed by atoms with Crippen molar-refractivity contribution in [1.82, 2.24) is 0 Å². The number of anilines is 1. The number of hydrogen-bond donors (Lipinski definition) is 1. The van der Waals surface area contributed by atoms with E-state index in [1.807, 2.05) is 42.5 Å². The number of esters is 1. The van der Waals surface area contributed by atoms with Crippen LogP contribution < -0.4 is 5.32 Å². The van der Waals surface area contributed by atoms with Crippen molar-refractivity contribution >= 4 is 17.6 Å². The summed E-state index contributed by atoms with van der Waals surface area (Å²) < 4.78 is 5.31. The first-order valence-corrected chi connectivity index (χ1v) is 8.48. The second kappa shape index (κ2) is 8.29. The zero-order valence-electron chi connectivity index (χ0n) is 14.0. The molecule has 3 rings (SSSR count). The van der Waals surface area contributed by atoms with E-state index in [0.29, 0.717) is 17.9 Å². The van der Waals surface area contributed by atoms with Crippen LogP contribution in [0, 0.1) is 5.92 Å². The Balaban J connectivity index is 1.49. The predicted octanol–water partition coefficient (Wildman–Crippen LogP) is 4.34. The molecule has 0 aromatic heterocycles. The molecule has 1 aliphatic carbocycles. The number of benzene rings is 2. The molecule has 4 nitrogen and oxygen atoms in total. The number of allylic oxidation sites excluding steroid dienone is 2. The number of ether oxygens (including phenoxy) is 1. The van der Waals surface area contributed by atoms with Crippen LogP contribution in [-0.2, 0) is 16.1 Å². The molecule has 25 heavy (non-hydrogen) atoms. The van der Waals surface area contributed by atoms with Crippen molar-refractivity contribution in [2.24, 2.45) is 5.92 Å². The maximum Gasteiger partial charge on any atom is 0.306 e. The van der Waals surface area contributed by atoms with Crippen LogP contribution in [0.1, 0.15) is 35.2 Å². The van der Waals surface area contributed by atoms with E-state index in [0.717, 1.165) is 24.1 Å². The van der Waals surface area contributed by atoms with Crippen LogP contribution in [0.4, 0.5) is 5.69 Å². The summed E-state index contributed by atoms with van der Waals surface area (Å²) in [5, 5.41) is 2.84. The lowest BCUT2D eigenvalue weighted by molar-refractivity contribution is -0.145. The second-order valence-corrected chi connectivity index (χ2v) is 6.15. The average Bonchev–Trinajstić information content (AvgIpc) is 3.14. The van der Waals surface area contributed by atoms with E-state index in [4.69, 9.17) is 4.74 Å². The Bertz CT molecular complexity index is 750. The van der Waals surface area contributed by atoms with Crippen LogP contribution >= 0.6 is 0 Å². The highest BCUT2D eigenvalue weighted by atomic mass is 16.5. The number of carbonyl (C=O) groups excluding carboxylic acids is 2. The van der Waals surface area contributed by atoms with Crippen molar-refractivity contribution in [1.29, 1.82) is 0 Å². The summed E-state index contributed by atoms with van der Waals surface area (Å²) in [6, 6.07) is 16.4. The molecule has 0 heterocycles. The third-order valence-corrected chi connectivity index (χ3v) is 4.19. The summed E-state index contributed by atoms with van der Waals surface area (Å²) in [4.78, 5) is 24.0. The maximum atomic E-state index is 12.2. The third kappa shape index (κ3) is 5.05. The monoisotopic (exact) mass is 335 g/mol. The first-order chi connectivity index (χ1) is 12.2. The Hall–Kier alpha value is -2.88. The molecule has 0 unspecified atom stereocenters. The zero-order valence-corrected chi connectivity index (χ0v) is 14.0. The van der Waals surface area contributed by atoms with Crippen LogP contribution in [-0.4, -0.2) is 11.9 Å². The molecule has 0 saturated heterocycles. The van der Waals surface area contributed by atoms with E-state index in [-0.39, 0.29) is 18.5 Å². The van der Waals surface area contributed by atoms with Crippen LogP contribution in [0.5, 0.6) is 0 Å². The van der Waals surface area contributed by atoms with Gasteiger partial charge >= 0.3 is 5.97 Å². The number of rotatable bonds is 6. The molecule has 0 spiro atoms. The van der Waals surface area contributed by atoms with Crippen molar-refractivity contribution in [2.75, 3.05) is 5.32 Å². The Morgan fingerprint density at radius 2 is 1.80 bits per heavy atom. The molecule has 128 valence electrons. The van der Waals surface area contributed by atoms with Gasteiger partial charge in [-0.15, -0.1) is 0 Å². The Morgan fingerprint density at radius 3 is 2.48 bits per heavy atom. The summed E-state index contributed by atoms with van der Waals surface area (Å²) in [6.07, 6.45) is 6.71. The van der Waals surface area contributed by atoms with Crippen molar-refractivity contribution in [2.45, 2.75) is 25.9 Å². The molecule has 2 aromatic carbocycles. The number of nitrogens with one attached hydrogen (secondary N) is 1. The SMILES string of the molecule is O=C(C[C@H]1C=CCC1)OCc1ccc(C(=O)Nc2ccccc2)cc1. The molecule has 0 radical (unpaired) electrons. The molecule has 1 N–H and O–H groups in total. The standard InChI is InChI=1S/C21H21NO3/c23-20(14-16-6-4-5-7-16)25-15-17-10-12-18(13-11-17)21(24)22-19-8-2-1-3-9-19/h1-4,6,8-13,16H,5,7,14-15H2,(H,22,24)/t16-/m0/s1. The van der Waals surface area contributed by atoms with E-state index < -0.39 is 0 Å². The molecule has 4 heteroatoms. The molecule has 0 fully saturated rings. The fourth-order valence-corrected chi connectivity index (χ4v) is 2.78. The normalized spacial score (nSPS) is 15.8. The quantitative estimate of drug-likeness (QED) is 0.631. The van der Waals surface area contributed by atoms with Gasteiger partial charge < -0.3 is 10.1 Å². The fourth-order valence-electron chi connectivity index (χ4n) is 2.78. The molecule has 0 aliphatic heterocycles. The molecule has 0 bridgehead atoms.